The van der Waals surface area contributed by atoms with Crippen molar-refractivity contribution in [2.24, 2.45) is 11.7 Å². The summed E-state index contributed by atoms with van der Waals surface area (Å²) >= 11 is 6.28. The first-order chi connectivity index (χ1) is 12.8. The SMILES string of the molecule is COc1cc(C(=O)Nc2cccc(NC(N)=O)c2)cc(Cl)c1OCC(C)C. The van der Waals surface area contributed by atoms with Gasteiger partial charge in [0, 0.05) is 16.9 Å². The summed E-state index contributed by atoms with van der Waals surface area (Å²) < 4.78 is 11.0. The van der Waals surface area contributed by atoms with Gasteiger partial charge in [0.25, 0.3) is 5.91 Å². The van der Waals surface area contributed by atoms with Gasteiger partial charge < -0.3 is 25.8 Å². The minimum absolute atomic E-state index is 0.282. The maximum absolute atomic E-state index is 12.6. The summed E-state index contributed by atoms with van der Waals surface area (Å²) in [5.41, 5.74) is 6.36. The molecule has 27 heavy (non-hydrogen) atoms. The minimum atomic E-state index is -0.688. The van der Waals surface area contributed by atoms with E-state index in [1.54, 1.807) is 30.3 Å². The smallest absolute Gasteiger partial charge is 0.316 e. The number of amides is 3. The topological polar surface area (TPSA) is 103 Å². The maximum atomic E-state index is 12.6. The summed E-state index contributed by atoms with van der Waals surface area (Å²) in [6.45, 7) is 4.51. The van der Waals surface area contributed by atoms with E-state index in [4.69, 9.17) is 26.8 Å². The number of benzene rings is 2. The Balaban J connectivity index is 2.21. The summed E-state index contributed by atoms with van der Waals surface area (Å²) in [6, 6.07) is 8.98. The molecule has 2 rings (SSSR count). The molecule has 144 valence electrons. The number of nitrogens with two attached hydrogens (primary N) is 1. The molecule has 0 aromatic heterocycles. The van der Waals surface area contributed by atoms with Crippen molar-refractivity contribution in [2.45, 2.75) is 13.8 Å². The molecule has 3 amide bonds. The first kappa shape index (κ1) is 20.4. The van der Waals surface area contributed by atoms with Crippen LogP contribution in [-0.2, 0) is 0 Å². The molecular weight excluding hydrogens is 370 g/mol. The average molecular weight is 392 g/mol. The molecule has 0 saturated heterocycles. The number of halogens is 1. The Morgan fingerprint density at radius 1 is 1.15 bits per heavy atom. The Kier molecular flexibility index (Phi) is 6.90. The molecule has 0 fully saturated rings. The van der Waals surface area contributed by atoms with Gasteiger partial charge >= 0.3 is 6.03 Å². The molecule has 0 radical (unpaired) electrons. The Hall–Kier alpha value is -2.93. The number of ether oxygens (including phenoxy) is 2. The highest BCUT2D eigenvalue weighted by Gasteiger charge is 2.16. The highest BCUT2D eigenvalue weighted by atomic mass is 35.5. The number of rotatable bonds is 7. The lowest BCUT2D eigenvalue weighted by molar-refractivity contribution is 0.102. The van der Waals surface area contributed by atoms with Gasteiger partial charge in [0.2, 0.25) is 0 Å². The maximum Gasteiger partial charge on any atom is 0.316 e. The standard InChI is InChI=1S/C19H22ClN3O4/c1-11(2)10-27-17-15(20)7-12(8-16(17)26-3)18(24)22-13-5-4-6-14(9-13)23-19(21)25/h4-9,11H,10H2,1-3H3,(H,22,24)(H3,21,23,25). The molecule has 7 nitrogen and oxygen atoms in total. The van der Waals surface area contributed by atoms with Gasteiger partial charge in [0.15, 0.2) is 11.5 Å². The fraction of sp³-hybridized carbons (Fsp3) is 0.263. The summed E-state index contributed by atoms with van der Waals surface area (Å²) in [6.07, 6.45) is 0. The molecule has 2 aromatic rings. The van der Waals surface area contributed by atoms with Crippen LogP contribution >= 0.6 is 11.6 Å². The molecular formula is C19H22ClN3O4. The summed E-state index contributed by atoms with van der Waals surface area (Å²) in [7, 11) is 1.48. The van der Waals surface area contributed by atoms with Gasteiger partial charge in [-0.05, 0) is 36.2 Å². The van der Waals surface area contributed by atoms with Crippen LogP contribution in [0.4, 0.5) is 16.2 Å². The summed E-state index contributed by atoms with van der Waals surface area (Å²) in [5.74, 6) is 0.700. The molecule has 0 aliphatic heterocycles. The first-order valence-electron chi connectivity index (χ1n) is 8.28. The molecule has 8 heteroatoms. The van der Waals surface area contributed by atoms with Gasteiger partial charge in [0.1, 0.15) is 0 Å². The van der Waals surface area contributed by atoms with Crippen LogP contribution < -0.4 is 25.8 Å². The molecule has 2 aromatic carbocycles. The largest absolute Gasteiger partial charge is 0.493 e. The summed E-state index contributed by atoms with van der Waals surface area (Å²) in [5, 5.41) is 5.46. The van der Waals surface area contributed by atoms with Crippen molar-refractivity contribution in [3.63, 3.8) is 0 Å². The third-order valence-corrected chi connectivity index (χ3v) is 3.72. The Morgan fingerprint density at radius 2 is 1.81 bits per heavy atom. The van der Waals surface area contributed by atoms with Crippen molar-refractivity contribution in [2.75, 3.05) is 24.4 Å². The van der Waals surface area contributed by atoms with E-state index in [9.17, 15) is 9.59 Å². The predicted molar refractivity (Wildman–Crippen MR) is 106 cm³/mol. The third kappa shape index (κ3) is 5.79. The molecule has 0 aliphatic carbocycles. The Morgan fingerprint density at radius 3 is 2.41 bits per heavy atom. The van der Waals surface area contributed by atoms with E-state index in [1.807, 2.05) is 13.8 Å². The fourth-order valence-corrected chi connectivity index (χ4v) is 2.53. The second-order valence-electron chi connectivity index (χ2n) is 6.22. The van der Waals surface area contributed by atoms with Crippen LogP contribution in [0, 0.1) is 5.92 Å². The van der Waals surface area contributed by atoms with E-state index in [1.165, 1.54) is 13.2 Å². The zero-order valence-electron chi connectivity index (χ0n) is 15.3. The summed E-state index contributed by atoms with van der Waals surface area (Å²) in [4.78, 5) is 23.5. The second kappa shape index (κ2) is 9.14. The van der Waals surface area contributed by atoms with Crippen molar-refractivity contribution in [3.8, 4) is 11.5 Å². The van der Waals surface area contributed by atoms with E-state index in [-0.39, 0.29) is 10.9 Å². The highest BCUT2D eigenvalue weighted by molar-refractivity contribution is 6.32. The fourth-order valence-electron chi connectivity index (χ4n) is 2.26. The number of carbonyl (C=O) groups is 2. The monoisotopic (exact) mass is 391 g/mol. The van der Waals surface area contributed by atoms with Crippen molar-refractivity contribution >= 4 is 34.9 Å². The van der Waals surface area contributed by atoms with Gasteiger partial charge in [0.05, 0.1) is 18.7 Å². The molecule has 0 atom stereocenters. The van der Waals surface area contributed by atoms with E-state index >= 15 is 0 Å². The number of urea groups is 1. The average Bonchev–Trinajstić information content (AvgIpc) is 2.59. The van der Waals surface area contributed by atoms with E-state index in [0.29, 0.717) is 41.0 Å². The normalized spacial score (nSPS) is 10.4. The molecule has 0 unspecified atom stereocenters. The number of carbonyl (C=O) groups excluding carboxylic acids is 2. The van der Waals surface area contributed by atoms with Gasteiger partial charge in [-0.15, -0.1) is 0 Å². The van der Waals surface area contributed by atoms with Crippen LogP contribution in [-0.4, -0.2) is 25.7 Å². The van der Waals surface area contributed by atoms with Crippen molar-refractivity contribution in [1.82, 2.24) is 0 Å². The van der Waals surface area contributed by atoms with E-state index in [0.717, 1.165) is 0 Å². The van der Waals surface area contributed by atoms with Gasteiger partial charge in [-0.2, -0.15) is 0 Å². The minimum Gasteiger partial charge on any atom is -0.493 e. The number of nitrogens with one attached hydrogen (secondary N) is 2. The van der Waals surface area contributed by atoms with Crippen LogP contribution in [0.15, 0.2) is 36.4 Å². The van der Waals surface area contributed by atoms with Crippen LogP contribution in [0.3, 0.4) is 0 Å². The van der Waals surface area contributed by atoms with Crippen LogP contribution in [0.1, 0.15) is 24.2 Å². The zero-order chi connectivity index (χ0) is 20.0. The van der Waals surface area contributed by atoms with Crippen LogP contribution in [0.5, 0.6) is 11.5 Å². The second-order valence-corrected chi connectivity index (χ2v) is 6.63. The molecule has 0 bridgehead atoms. The van der Waals surface area contributed by atoms with Gasteiger partial charge in [-0.25, -0.2) is 4.79 Å². The van der Waals surface area contributed by atoms with E-state index < -0.39 is 6.03 Å². The number of hydrogen-bond donors (Lipinski definition) is 3. The molecule has 0 aliphatic rings. The first-order valence-corrected chi connectivity index (χ1v) is 8.66. The number of hydrogen-bond acceptors (Lipinski definition) is 4. The molecule has 0 spiro atoms. The molecule has 4 N–H and O–H groups in total. The quantitative estimate of drug-likeness (QED) is 0.660. The Bertz CT molecular complexity index is 840. The van der Waals surface area contributed by atoms with Crippen molar-refractivity contribution < 1.29 is 19.1 Å². The van der Waals surface area contributed by atoms with Crippen LogP contribution in [0.2, 0.25) is 5.02 Å². The molecule has 0 heterocycles. The third-order valence-electron chi connectivity index (χ3n) is 3.44. The zero-order valence-corrected chi connectivity index (χ0v) is 16.1. The Labute approximate surface area is 162 Å². The number of methoxy groups -OCH3 is 1. The van der Waals surface area contributed by atoms with E-state index in [2.05, 4.69) is 10.6 Å². The van der Waals surface area contributed by atoms with Crippen molar-refractivity contribution in [3.05, 3.63) is 47.0 Å². The predicted octanol–water partition coefficient (Wildman–Crippen LogP) is 4.13. The molecule has 0 saturated carbocycles. The van der Waals surface area contributed by atoms with Gasteiger partial charge in [-0.1, -0.05) is 31.5 Å². The van der Waals surface area contributed by atoms with Crippen molar-refractivity contribution in [1.29, 1.82) is 0 Å². The van der Waals surface area contributed by atoms with Gasteiger partial charge in [-0.3, -0.25) is 4.79 Å². The lowest BCUT2D eigenvalue weighted by atomic mass is 10.1. The van der Waals surface area contributed by atoms with Crippen LogP contribution in [0.25, 0.3) is 0 Å². The highest BCUT2D eigenvalue weighted by Crippen LogP contribution is 2.37. The lowest BCUT2D eigenvalue weighted by Gasteiger charge is -2.15. The number of primary amides is 1. The lowest BCUT2D eigenvalue weighted by Crippen LogP contribution is -2.19. The number of anilines is 2.